The van der Waals surface area contributed by atoms with Crippen LogP contribution in [-0.2, 0) is 0 Å². The van der Waals surface area contributed by atoms with Crippen molar-refractivity contribution in [2.45, 2.75) is 0 Å². The molecule has 0 saturated carbocycles. The van der Waals surface area contributed by atoms with Crippen molar-refractivity contribution in [2.75, 3.05) is 0 Å². The van der Waals surface area contributed by atoms with Gasteiger partial charge in [-0.1, -0.05) is 72.8 Å². The summed E-state index contributed by atoms with van der Waals surface area (Å²) in [6.45, 7) is 0. The standard InChI is InChI=1S/C45H25N5/c46-26-29-18-20-42-38(22-29)36-13-1-3-15-40(36)49(42)35-12-6-9-32(25-35)31-8-5-10-33(24-31)45-34(28-48)11-7-17-44(45)50-41-16-4-2-14-37(41)39-23-30(27-47)19-21-43(39)50/h1-25H. The second-order valence-corrected chi connectivity index (χ2v) is 12.3. The first-order chi connectivity index (χ1) is 24.7. The Morgan fingerprint density at radius 3 is 1.58 bits per heavy atom. The molecule has 9 rings (SSSR count). The first kappa shape index (κ1) is 28.8. The third kappa shape index (κ3) is 4.38. The average molecular weight is 636 g/mol. The van der Waals surface area contributed by atoms with Gasteiger partial charge >= 0.3 is 0 Å². The van der Waals surface area contributed by atoms with Crippen LogP contribution in [0.5, 0.6) is 0 Å². The van der Waals surface area contributed by atoms with Crippen LogP contribution in [-0.4, -0.2) is 9.13 Å². The molecule has 0 unspecified atom stereocenters. The van der Waals surface area contributed by atoms with E-state index < -0.39 is 0 Å². The van der Waals surface area contributed by atoms with Crippen LogP contribution in [0.3, 0.4) is 0 Å². The molecule has 230 valence electrons. The molecule has 0 amide bonds. The third-order valence-electron chi connectivity index (χ3n) is 9.60. The van der Waals surface area contributed by atoms with Gasteiger partial charge in [0.1, 0.15) is 0 Å². The normalized spacial score (nSPS) is 11.1. The van der Waals surface area contributed by atoms with Gasteiger partial charge in [-0.05, 0) is 95.6 Å². The van der Waals surface area contributed by atoms with Crippen molar-refractivity contribution in [1.29, 1.82) is 15.8 Å². The van der Waals surface area contributed by atoms with E-state index in [9.17, 15) is 15.8 Å². The minimum Gasteiger partial charge on any atom is -0.309 e. The molecule has 0 spiro atoms. The number of nitriles is 3. The molecule has 2 heterocycles. The molecule has 0 radical (unpaired) electrons. The Kier molecular flexibility index (Phi) is 6.56. The Bertz CT molecular complexity index is 2970. The monoisotopic (exact) mass is 635 g/mol. The first-order valence-corrected chi connectivity index (χ1v) is 16.3. The minimum absolute atomic E-state index is 0.579. The van der Waals surface area contributed by atoms with Crippen LogP contribution in [0.2, 0.25) is 0 Å². The van der Waals surface area contributed by atoms with E-state index in [1.807, 2.05) is 78.9 Å². The van der Waals surface area contributed by atoms with Gasteiger partial charge in [0.15, 0.2) is 0 Å². The van der Waals surface area contributed by atoms with Crippen LogP contribution >= 0.6 is 0 Å². The molecule has 0 fully saturated rings. The fraction of sp³-hybridized carbons (Fsp3) is 0. The molecule has 2 aromatic heterocycles. The predicted octanol–water partition coefficient (Wildman–Crippen LogP) is 10.8. The van der Waals surface area contributed by atoms with Crippen molar-refractivity contribution >= 4 is 43.6 Å². The van der Waals surface area contributed by atoms with E-state index in [1.54, 1.807) is 0 Å². The van der Waals surface area contributed by atoms with Gasteiger partial charge in [0.25, 0.3) is 0 Å². The summed E-state index contributed by atoms with van der Waals surface area (Å²) in [5.41, 5.74) is 11.7. The van der Waals surface area contributed by atoms with Crippen LogP contribution in [0.1, 0.15) is 16.7 Å². The topological polar surface area (TPSA) is 81.2 Å². The highest BCUT2D eigenvalue weighted by molar-refractivity contribution is 6.11. The quantitative estimate of drug-likeness (QED) is 0.193. The largest absolute Gasteiger partial charge is 0.309 e. The maximum atomic E-state index is 10.4. The lowest BCUT2D eigenvalue weighted by atomic mass is 9.94. The maximum Gasteiger partial charge on any atom is 0.0998 e. The summed E-state index contributed by atoms with van der Waals surface area (Å²) < 4.78 is 4.46. The van der Waals surface area contributed by atoms with Gasteiger partial charge in [-0.25, -0.2) is 0 Å². The Balaban J connectivity index is 1.23. The zero-order valence-corrected chi connectivity index (χ0v) is 26.7. The lowest BCUT2D eigenvalue weighted by Crippen LogP contribution is -1.99. The van der Waals surface area contributed by atoms with Crippen molar-refractivity contribution in [3.8, 4) is 51.8 Å². The van der Waals surface area contributed by atoms with Crippen LogP contribution in [0.25, 0.3) is 77.2 Å². The number of hydrogen-bond acceptors (Lipinski definition) is 3. The van der Waals surface area contributed by atoms with E-state index in [0.29, 0.717) is 16.7 Å². The van der Waals surface area contributed by atoms with Crippen molar-refractivity contribution in [2.24, 2.45) is 0 Å². The molecule has 0 N–H and O–H groups in total. The lowest BCUT2D eigenvalue weighted by Gasteiger charge is -2.16. The Morgan fingerprint density at radius 2 is 0.920 bits per heavy atom. The van der Waals surface area contributed by atoms with Gasteiger partial charge in [-0.15, -0.1) is 0 Å². The Morgan fingerprint density at radius 1 is 0.380 bits per heavy atom. The summed E-state index contributed by atoms with van der Waals surface area (Å²) in [5, 5.41) is 33.8. The van der Waals surface area contributed by atoms with Crippen molar-refractivity contribution < 1.29 is 0 Å². The summed E-state index contributed by atoms with van der Waals surface area (Å²) in [6, 6.07) is 57.9. The molecule has 0 atom stereocenters. The van der Waals surface area contributed by atoms with Crippen LogP contribution in [0, 0.1) is 34.0 Å². The number of nitrogens with zero attached hydrogens (tertiary/aromatic N) is 5. The SMILES string of the molecule is N#Cc1ccc2c(c1)c1ccccc1n2-c1cccc(-c2cccc(-c3c(C#N)cccc3-n3c4ccccc4c4cc(C#N)ccc43)c2)c1. The number of hydrogen-bond donors (Lipinski definition) is 0. The van der Waals surface area contributed by atoms with Gasteiger partial charge in [-0.2, -0.15) is 15.8 Å². The van der Waals surface area contributed by atoms with Gasteiger partial charge in [0.2, 0.25) is 0 Å². The number of benzene rings is 7. The molecule has 0 aliphatic carbocycles. The highest BCUT2D eigenvalue weighted by Crippen LogP contribution is 2.40. The fourth-order valence-corrected chi connectivity index (χ4v) is 7.42. The summed E-state index contributed by atoms with van der Waals surface area (Å²) in [4.78, 5) is 0. The summed E-state index contributed by atoms with van der Waals surface area (Å²) in [5.74, 6) is 0. The van der Waals surface area contributed by atoms with Crippen LogP contribution < -0.4 is 0 Å². The molecule has 9 aromatic rings. The van der Waals surface area contributed by atoms with Crippen molar-refractivity contribution in [3.05, 3.63) is 168 Å². The predicted molar refractivity (Wildman–Crippen MR) is 200 cm³/mol. The molecule has 0 bridgehead atoms. The molecule has 0 saturated heterocycles. The van der Waals surface area contributed by atoms with E-state index in [2.05, 4.69) is 100 Å². The molecular formula is C45H25N5. The average Bonchev–Trinajstić information content (AvgIpc) is 3.69. The highest BCUT2D eigenvalue weighted by atomic mass is 15.0. The van der Waals surface area contributed by atoms with E-state index >= 15 is 0 Å². The molecule has 0 aliphatic rings. The van der Waals surface area contributed by atoms with E-state index in [4.69, 9.17) is 0 Å². The molecule has 5 nitrogen and oxygen atoms in total. The van der Waals surface area contributed by atoms with E-state index in [-0.39, 0.29) is 0 Å². The van der Waals surface area contributed by atoms with Crippen molar-refractivity contribution in [1.82, 2.24) is 9.13 Å². The molecule has 7 aromatic carbocycles. The maximum absolute atomic E-state index is 10.4. The van der Waals surface area contributed by atoms with Gasteiger partial charge in [-0.3, -0.25) is 0 Å². The number of para-hydroxylation sites is 2. The van der Waals surface area contributed by atoms with Crippen molar-refractivity contribution in [3.63, 3.8) is 0 Å². The molecular weight excluding hydrogens is 611 g/mol. The number of rotatable bonds is 4. The fourth-order valence-electron chi connectivity index (χ4n) is 7.42. The molecule has 0 aliphatic heterocycles. The molecule has 50 heavy (non-hydrogen) atoms. The Hall–Kier alpha value is -7.39. The van der Waals surface area contributed by atoms with E-state index in [0.717, 1.165) is 77.2 Å². The molecule has 5 heteroatoms. The third-order valence-corrected chi connectivity index (χ3v) is 9.60. The van der Waals surface area contributed by atoms with Crippen LogP contribution in [0.4, 0.5) is 0 Å². The number of aromatic nitrogens is 2. The summed E-state index contributed by atoms with van der Waals surface area (Å²) >= 11 is 0. The lowest BCUT2D eigenvalue weighted by molar-refractivity contribution is 1.18. The van der Waals surface area contributed by atoms with Gasteiger partial charge < -0.3 is 9.13 Å². The van der Waals surface area contributed by atoms with E-state index in [1.165, 1.54) is 0 Å². The highest BCUT2D eigenvalue weighted by Gasteiger charge is 2.19. The number of fused-ring (bicyclic) bond motifs is 6. The summed E-state index contributed by atoms with van der Waals surface area (Å²) in [6.07, 6.45) is 0. The Labute approximate surface area is 287 Å². The zero-order chi connectivity index (χ0) is 33.8. The second kappa shape index (κ2) is 11.4. The second-order valence-electron chi connectivity index (χ2n) is 12.3. The van der Waals surface area contributed by atoms with Gasteiger partial charge in [0.05, 0.1) is 62.7 Å². The van der Waals surface area contributed by atoms with Crippen LogP contribution in [0.15, 0.2) is 152 Å². The minimum atomic E-state index is 0.579. The summed E-state index contributed by atoms with van der Waals surface area (Å²) in [7, 11) is 0. The first-order valence-electron chi connectivity index (χ1n) is 16.3. The van der Waals surface area contributed by atoms with Gasteiger partial charge in [0, 0.05) is 32.8 Å². The smallest absolute Gasteiger partial charge is 0.0998 e. The zero-order valence-electron chi connectivity index (χ0n) is 26.7.